The lowest BCUT2D eigenvalue weighted by atomic mass is 10.1. The minimum atomic E-state index is -0.0380. The molecule has 17 heavy (non-hydrogen) atoms. The third-order valence-corrected chi connectivity index (χ3v) is 2.37. The average molecular weight is 230 g/mol. The Hall–Kier alpha value is -2.10. The highest BCUT2D eigenvalue weighted by Gasteiger charge is 2.08. The molecule has 0 radical (unpaired) electrons. The molecule has 1 heterocycles. The molecule has 2 rings (SSSR count). The molecule has 0 aliphatic carbocycles. The summed E-state index contributed by atoms with van der Waals surface area (Å²) in [5.41, 5.74) is 1.65. The topological polar surface area (TPSA) is 55.1 Å². The van der Waals surface area contributed by atoms with Crippen LogP contribution in [0.4, 0.5) is 5.69 Å². The summed E-state index contributed by atoms with van der Waals surface area (Å²) in [6.45, 7) is 3.71. The number of rotatable bonds is 3. The van der Waals surface area contributed by atoms with Crippen molar-refractivity contribution in [3.8, 4) is 11.3 Å². The van der Waals surface area contributed by atoms with E-state index in [0.717, 1.165) is 11.3 Å². The van der Waals surface area contributed by atoms with E-state index < -0.39 is 0 Å². The van der Waals surface area contributed by atoms with Gasteiger partial charge in [0.05, 0.1) is 6.20 Å². The van der Waals surface area contributed by atoms with Crippen molar-refractivity contribution >= 4 is 11.6 Å². The number of benzene rings is 1. The highest BCUT2D eigenvalue weighted by molar-refractivity contribution is 5.92. The van der Waals surface area contributed by atoms with Gasteiger partial charge in [-0.2, -0.15) is 0 Å². The lowest BCUT2D eigenvalue weighted by Crippen LogP contribution is -2.17. The summed E-state index contributed by atoms with van der Waals surface area (Å²) in [6, 6.07) is 7.49. The monoisotopic (exact) mass is 230 g/mol. The van der Waals surface area contributed by atoms with Gasteiger partial charge < -0.3 is 9.73 Å². The molecule has 0 unspecified atom stereocenters. The number of carbonyl (C=O) groups excluding carboxylic acids is 1. The molecule has 4 nitrogen and oxygen atoms in total. The zero-order chi connectivity index (χ0) is 12.3. The van der Waals surface area contributed by atoms with Crippen molar-refractivity contribution in [2.45, 2.75) is 13.8 Å². The number of nitrogens with one attached hydrogen (secondary N) is 1. The van der Waals surface area contributed by atoms with Crippen molar-refractivity contribution in [2.24, 2.45) is 5.92 Å². The summed E-state index contributed by atoms with van der Waals surface area (Å²) in [7, 11) is 0. The Morgan fingerprint density at radius 3 is 2.88 bits per heavy atom. The standard InChI is InChI=1S/C13H14N2O2/c1-9(2)13(16)15-11-5-3-4-10(6-11)12-7-14-8-17-12/h3-9H,1-2H3,(H,15,16). The highest BCUT2D eigenvalue weighted by Crippen LogP contribution is 2.22. The Labute approximate surface area is 99.7 Å². The molecule has 0 atom stereocenters. The molecule has 2 aromatic rings. The molecular formula is C13H14N2O2. The molecule has 0 aliphatic heterocycles. The molecule has 1 amide bonds. The van der Waals surface area contributed by atoms with E-state index in [1.165, 1.54) is 6.39 Å². The fourth-order valence-corrected chi connectivity index (χ4v) is 1.40. The maximum absolute atomic E-state index is 11.6. The number of anilines is 1. The Morgan fingerprint density at radius 2 is 2.24 bits per heavy atom. The van der Waals surface area contributed by atoms with Crippen LogP contribution in [0, 0.1) is 5.92 Å². The lowest BCUT2D eigenvalue weighted by molar-refractivity contribution is -0.118. The number of hydrogen-bond acceptors (Lipinski definition) is 3. The molecule has 0 bridgehead atoms. The van der Waals surface area contributed by atoms with E-state index >= 15 is 0 Å². The van der Waals surface area contributed by atoms with Crippen LogP contribution < -0.4 is 5.32 Å². The van der Waals surface area contributed by atoms with Gasteiger partial charge in [0, 0.05) is 17.2 Å². The first-order chi connectivity index (χ1) is 8.16. The van der Waals surface area contributed by atoms with Gasteiger partial charge in [-0.1, -0.05) is 26.0 Å². The third kappa shape index (κ3) is 2.72. The minimum absolute atomic E-state index is 0.000259. The summed E-state index contributed by atoms with van der Waals surface area (Å²) in [6.07, 6.45) is 3.03. The number of amides is 1. The number of hydrogen-bond donors (Lipinski definition) is 1. The first-order valence-electron chi connectivity index (χ1n) is 5.46. The summed E-state index contributed by atoms with van der Waals surface area (Å²) in [5.74, 6) is 0.648. The van der Waals surface area contributed by atoms with Gasteiger partial charge in [-0.15, -0.1) is 0 Å². The predicted octanol–water partition coefficient (Wildman–Crippen LogP) is 2.94. The fraction of sp³-hybridized carbons (Fsp3) is 0.231. The summed E-state index contributed by atoms with van der Waals surface area (Å²) in [4.78, 5) is 15.4. The van der Waals surface area contributed by atoms with Crippen LogP contribution >= 0.6 is 0 Å². The van der Waals surface area contributed by atoms with E-state index in [1.807, 2.05) is 38.1 Å². The van der Waals surface area contributed by atoms with Gasteiger partial charge in [0.15, 0.2) is 12.2 Å². The summed E-state index contributed by atoms with van der Waals surface area (Å²) in [5, 5.41) is 2.84. The van der Waals surface area contributed by atoms with Crippen LogP contribution in [0.2, 0.25) is 0 Å². The minimum Gasteiger partial charge on any atom is -0.444 e. The second-order valence-corrected chi connectivity index (χ2v) is 4.09. The van der Waals surface area contributed by atoms with Crippen LogP contribution in [0.1, 0.15) is 13.8 Å². The Kier molecular flexibility index (Phi) is 3.23. The van der Waals surface area contributed by atoms with Gasteiger partial charge in [0.25, 0.3) is 0 Å². The van der Waals surface area contributed by atoms with Crippen LogP contribution in [-0.2, 0) is 4.79 Å². The molecule has 0 aliphatic rings. The van der Waals surface area contributed by atoms with E-state index in [2.05, 4.69) is 10.3 Å². The van der Waals surface area contributed by atoms with Crippen molar-refractivity contribution in [3.05, 3.63) is 36.9 Å². The zero-order valence-electron chi connectivity index (χ0n) is 9.81. The van der Waals surface area contributed by atoms with Crippen molar-refractivity contribution in [1.82, 2.24) is 4.98 Å². The van der Waals surface area contributed by atoms with Crippen LogP contribution in [0.15, 0.2) is 41.3 Å². The molecule has 88 valence electrons. The van der Waals surface area contributed by atoms with Crippen molar-refractivity contribution in [2.75, 3.05) is 5.32 Å². The van der Waals surface area contributed by atoms with Gasteiger partial charge in [0.1, 0.15) is 0 Å². The third-order valence-electron chi connectivity index (χ3n) is 2.37. The summed E-state index contributed by atoms with van der Waals surface area (Å²) >= 11 is 0. The van der Waals surface area contributed by atoms with E-state index in [4.69, 9.17) is 4.42 Å². The predicted molar refractivity (Wildman–Crippen MR) is 65.4 cm³/mol. The number of oxazole rings is 1. The van der Waals surface area contributed by atoms with E-state index in [0.29, 0.717) is 5.76 Å². The number of nitrogens with zero attached hydrogens (tertiary/aromatic N) is 1. The molecule has 0 saturated carbocycles. The average Bonchev–Trinajstić information content (AvgIpc) is 2.82. The lowest BCUT2D eigenvalue weighted by Gasteiger charge is -2.08. The Morgan fingerprint density at radius 1 is 1.41 bits per heavy atom. The van der Waals surface area contributed by atoms with Gasteiger partial charge in [-0.3, -0.25) is 4.79 Å². The number of carbonyl (C=O) groups is 1. The molecule has 0 fully saturated rings. The molecule has 1 aromatic carbocycles. The first kappa shape index (κ1) is 11.4. The highest BCUT2D eigenvalue weighted by atomic mass is 16.3. The second-order valence-electron chi connectivity index (χ2n) is 4.09. The van der Waals surface area contributed by atoms with Gasteiger partial charge >= 0.3 is 0 Å². The van der Waals surface area contributed by atoms with Gasteiger partial charge in [-0.05, 0) is 12.1 Å². The summed E-state index contributed by atoms with van der Waals surface area (Å²) < 4.78 is 5.20. The van der Waals surface area contributed by atoms with E-state index in [1.54, 1.807) is 6.20 Å². The van der Waals surface area contributed by atoms with Crippen molar-refractivity contribution in [1.29, 1.82) is 0 Å². The molecule has 1 aromatic heterocycles. The molecule has 1 N–H and O–H groups in total. The van der Waals surface area contributed by atoms with E-state index in [-0.39, 0.29) is 11.8 Å². The number of aromatic nitrogens is 1. The van der Waals surface area contributed by atoms with Crippen LogP contribution in [0.5, 0.6) is 0 Å². The molecule has 0 spiro atoms. The zero-order valence-corrected chi connectivity index (χ0v) is 9.81. The van der Waals surface area contributed by atoms with Gasteiger partial charge in [-0.25, -0.2) is 4.98 Å². The Balaban J connectivity index is 2.20. The molecule has 4 heteroatoms. The maximum atomic E-state index is 11.6. The van der Waals surface area contributed by atoms with Crippen LogP contribution in [0.3, 0.4) is 0 Å². The quantitative estimate of drug-likeness (QED) is 0.881. The second kappa shape index (κ2) is 4.82. The van der Waals surface area contributed by atoms with Crippen molar-refractivity contribution in [3.63, 3.8) is 0 Å². The van der Waals surface area contributed by atoms with Gasteiger partial charge in [0.2, 0.25) is 5.91 Å². The van der Waals surface area contributed by atoms with Crippen LogP contribution in [-0.4, -0.2) is 10.9 Å². The SMILES string of the molecule is CC(C)C(=O)Nc1cccc(-c2cnco2)c1. The fourth-order valence-electron chi connectivity index (χ4n) is 1.40. The normalized spacial score (nSPS) is 10.5. The Bertz CT molecular complexity index is 504. The first-order valence-corrected chi connectivity index (χ1v) is 5.46. The van der Waals surface area contributed by atoms with E-state index in [9.17, 15) is 4.79 Å². The molecule has 0 saturated heterocycles. The maximum Gasteiger partial charge on any atom is 0.226 e. The molecular weight excluding hydrogens is 216 g/mol. The van der Waals surface area contributed by atoms with Crippen LogP contribution in [0.25, 0.3) is 11.3 Å². The largest absolute Gasteiger partial charge is 0.444 e. The smallest absolute Gasteiger partial charge is 0.226 e. The van der Waals surface area contributed by atoms with Crippen molar-refractivity contribution < 1.29 is 9.21 Å².